The van der Waals surface area contributed by atoms with E-state index in [1.54, 1.807) is 6.07 Å². The quantitative estimate of drug-likeness (QED) is 0.374. The van der Waals surface area contributed by atoms with Crippen LogP contribution in [0.5, 0.6) is 5.75 Å². The molecule has 26 heavy (non-hydrogen) atoms. The number of halogens is 5. The van der Waals surface area contributed by atoms with Crippen molar-refractivity contribution >= 4 is 52.0 Å². The van der Waals surface area contributed by atoms with Gasteiger partial charge in [0.25, 0.3) is 11.8 Å². The molecule has 1 amide bonds. The second kappa shape index (κ2) is 10.1. The van der Waals surface area contributed by atoms with Crippen LogP contribution in [0.4, 0.5) is 18.9 Å². The summed E-state index contributed by atoms with van der Waals surface area (Å²) < 4.78 is 52.1. The van der Waals surface area contributed by atoms with Crippen LogP contribution in [-0.2, 0) is 0 Å². The number of hydrogen-bond donors (Lipinski definition) is 3. The number of amides is 1. The van der Waals surface area contributed by atoms with Gasteiger partial charge in [0.15, 0.2) is 6.61 Å². The molecule has 0 aliphatic heterocycles. The molecule has 2 aromatic rings. The molecular formula is C16H14BrClF3NO3S. The summed E-state index contributed by atoms with van der Waals surface area (Å²) in [6.07, 6.45) is 0. The van der Waals surface area contributed by atoms with E-state index in [-0.39, 0.29) is 22.0 Å². The molecule has 0 bridgehead atoms. The Morgan fingerprint density at radius 1 is 1.35 bits per heavy atom. The summed E-state index contributed by atoms with van der Waals surface area (Å²) in [6, 6.07) is 8.28. The van der Waals surface area contributed by atoms with E-state index in [1.165, 1.54) is 24.3 Å². The maximum atomic E-state index is 13.8. The van der Waals surface area contributed by atoms with Crippen LogP contribution in [0.2, 0.25) is 5.02 Å². The smallest absolute Gasteiger partial charge is 0.278 e. The Morgan fingerprint density at radius 2 is 2.00 bits per heavy atom. The van der Waals surface area contributed by atoms with Crippen LogP contribution in [0.3, 0.4) is 0 Å². The van der Waals surface area contributed by atoms with Gasteiger partial charge in [-0.3, -0.25) is 4.79 Å². The third-order valence-corrected chi connectivity index (χ3v) is 3.67. The van der Waals surface area contributed by atoms with E-state index >= 15 is 0 Å². The average Bonchev–Trinajstić information content (AvgIpc) is 2.56. The van der Waals surface area contributed by atoms with Gasteiger partial charge in [-0.15, -0.1) is 0 Å². The van der Waals surface area contributed by atoms with E-state index in [9.17, 15) is 18.0 Å². The van der Waals surface area contributed by atoms with E-state index in [1.807, 2.05) is 0 Å². The molecule has 0 radical (unpaired) electrons. The molecule has 2 aromatic carbocycles. The second-order valence-electron chi connectivity index (χ2n) is 5.05. The minimum absolute atomic E-state index is 0.0201. The van der Waals surface area contributed by atoms with Crippen molar-refractivity contribution < 1.29 is 27.3 Å². The van der Waals surface area contributed by atoms with Crippen LogP contribution in [0, 0.1) is 5.82 Å². The molecule has 0 fully saturated rings. The molecule has 142 valence electrons. The van der Waals surface area contributed by atoms with Gasteiger partial charge in [0.1, 0.15) is 11.6 Å². The molecule has 0 spiro atoms. The molecule has 0 aromatic heterocycles. The van der Waals surface area contributed by atoms with E-state index in [0.29, 0.717) is 11.4 Å². The molecule has 10 heteroatoms. The summed E-state index contributed by atoms with van der Waals surface area (Å²) in [4.78, 5) is 12.2. The molecule has 2 N–H and O–H groups in total. The third-order valence-electron chi connectivity index (χ3n) is 2.86. The molecule has 0 saturated heterocycles. The predicted molar refractivity (Wildman–Crippen MR) is 101 cm³/mol. The van der Waals surface area contributed by atoms with E-state index in [4.69, 9.17) is 20.9 Å². The number of ether oxygens (including phenoxy) is 1. The number of alkyl halides is 2. The van der Waals surface area contributed by atoms with Crippen molar-refractivity contribution in [3.63, 3.8) is 0 Å². The molecule has 0 heterocycles. The van der Waals surface area contributed by atoms with Crippen LogP contribution < -0.4 is 10.1 Å². The standard InChI is InChI=1S/C16H12BrClF3NO2.H2OS/c1-16(20,21)8-24-13-7-9(17)5-6-12(13)22-15(23)14-10(18)3-2-4-11(14)19;1-2/h2-7H,8H2,1H3,(H,22,23);1-2H. The van der Waals surface area contributed by atoms with E-state index in [0.717, 1.165) is 6.07 Å². The lowest BCUT2D eigenvalue weighted by Crippen LogP contribution is -2.22. The van der Waals surface area contributed by atoms with Crippen molar-refractivity contribution in [2.45, 2.75) is 12.8 Å². The number of carbonyl (C=O) groups excluding carboxylic acids is 1. The highest BCUT2D eigenvalue weighted by Crippen LogP contribution is 2.31. The Balaban J connectivity index is 0.00000163. The average molecular weight is 473 g/mol. The first-order chi connectivity index (χ1) is 12.2. The van der Waals surface area contributed by atoms with Gasteiger partial charge in [0.05, 0.1) is 16.3 Å². The first kappa shape index (κ1) is 22.6. The number of benzene rings is 2. The second-order valence-corrected chi connectivity index (χ2v) is 6.37. The summed E-state index contributed by atoms with van der Waals surface area (Å²) in [5.74, 6) is -4.63. The van der Waals surface area contributed by atoms with Gasteiger partial charge in [0.2, 0.25) is 0 Å². The SMILES string of the molecule is CC(F)(F)COc1cc(Br)ccc1NC(=O)c1c(F)cccc1Cl.OS. The number of hydrogen-bond acceptors (Lipinski definition) is 4. The molecular weight excluding hydrogens is 459 g/mol. The fourth-order valence-corrected chi connectivity index (χ4v) is 2.41. The Kier molecular flexibility index (Phi) is 8.75. The lowest BCUT2D eigenvalue weighted by Gasteiger charge is -2.16. The van der Waals surface area contributed by atoms with Crippen LogP contribution >= 0.6 is 40.4 Å². The molecule has 0 aliphatic rings. The number of thiol groups is 1. The highest BCUT2D eigenvalue weighted by molar-refractivity contribution is 9.10. The van der Waals surface area contributed by atoms with Crippen LogP contribution in [0.1, 0.15) is 17.3 Å². The number of nitrogens with one attached hydrogen (secondary N) is 1. The lowest BCUT2D eigenvalue weighted by atomic mass is 10.2. The van der Waals surface area contributed by atoms with Gasteiger partial charge in [-0.25, -0.2) is 13.2 Å². The Bertz CT molecular complexity index is 755. The van der Waals surface area contributed by atoms with Crippen LogP contribution in [-0.4, -0.2) is 23.0 Å². The zero-order valence-electron chi connectivity index (χ0n) is 13.3. The fraction of sp³-hybridized carbons (Fsp3) is 0.188. The first-order valence-electron chi connectivity index (χ1n) is 6.93. The Morgan fingerprint density at radius 3 is 2.58 bits per heavy atom. The van der Waals surface area contributed by atoms with Gasteiger partial charge in [-0.2, -0.15) is 0 Å². The largest absolute Gasteiger partial charge is 0.485 e. The molecule has 0 saturated carbocycles. The minimum Gasteiger partial charge on any atom is -0.485 e. The first-order valence-corrected chi connectivity index (χ1v) is 8.50. The van der Waals surface area contributed by atoms with Crippen molar-refractivity contribution in [2.24, 2.45) is 0 Å². The number of carbonyl (C=O) groups is 1. The predicted octanol–water partition coefficient (Wildman–Crippen LogP) is 5.92. The van der Waals surface area contributed by atoms with Gasteiger partial charge in [-0.1, -0.05) is 33.6 Å². The molecule has 0 unspecified atom stereocenters. The van der Waals surface area contributed by atoms with Crippen LogP contribution in [0.15, 0.2) is 40.9 Å². The number of rotatable bonds is 5. The highest BCUT2D eigenvalue weighted by atomic mass is 79.9. The zero-order valence-corrected chi connectivity index (χ0v) is 16.5. The van der Waals surface area contributed by atoms with Gasteiger partial charge >= 0.3 is 0 Å². The zero-order chi connectivity index (χ0) is 19.9. The summed E-state index contributed by atoms with van der Waals surface area (Å²) in [7, 11) is 0. The van der Waals surface area contributed by atoms with Crippen molar-refractivity contribution in [3.8, 4) is 5.75 Å². The molecule has 0 atom stereocenters. The normalized spacial score (nSPS) is 10.6. The van der Waals surface area contributed by atoms with Crippen molar-refractivity contribution in [1.29, 1.82) is 0 Å². The van der Waals surface area contributed by atoms with E-state index in [2.05, 4.69) is 34.2 Å². The van der Waals surface area contributed by atoms with Gasteiger partial charge in [0, 0.05) is 11.4 Å². The highest BCUT2D eigenvalue weighted by Gasteiger charge is 2.23. The lowest BCUT2D eigenvalue weighted by molar-refractivity contribution is -0.0227. The maximum absolute atomic E-state index is 13.8. The Labute approximate surface area is 167 Å². The maximum Gasteiger partial charge on any atom is 0.278 e. The Hall–Kier alpha value is -1.42. The number of anilines is 1. The molecule has 4 nitrogen and oxygen atoms in total. The summed E-state index contributed by atoms with van der Waals surface area (Å²) in [6.45, 7) is -0.158. The summed E-state index contributed by atoms with van der Waals surface area (Å²) in [5.41, 5.74) is -0.222. The van der Waals surface area contributed by atoms with Gasteiger partial charge in [-0.05, 0) is 43.2 Å². The van der Waals surface area contributed by atoms with Gasteiger partial charge < -0.3 is 14.6 Å². The van der Waals surface area contributed by atoms with Crippen LogP contribution in [0.25, 0.3) is 0 Å². The molecule has 0 aliphatic carbocycles. The monoisotopic (exact) mass is 471 g/mol. The fourth-order valence-electron chi connectivity index (χ4n) is 1.82. The summed E-state index contributed by atoms with van der Waals surface area (Å²) >= 11 is 11.6. The summed E-state index contributed by atoms with van der Waals surface area (Å²) in [5, 5.41) is 2.36. The topological polar surface area (TPSA) is 58.6 Å². The minimum atomic E-state index is -3.04. The third kappa shape index (κ3) is 6.71. The van der Waals surface area contributed by atoms with Crippen molar-refractivity contribution in [3.05, 3.63) is 57.3 Å². The van der Waals surface area contributed by atoms with Crippen molar-refractivity contribution in [2.75, 3.05) is 11.9 Å². The van der Waals surface area contributed by atoms with E-state index < -0.39 is 24.3 Å². The molecule has 2 rings (SSSR count). The van der Waals surface area contributed by atoms with Crippen molar-refractivity contribution in [1.82, 2.24) is 0 Å².